The molecule has 0 amide bonds. The van der Waals surface area contributed by atoms with E-state index in [4.69, 9.17) is 19.6 Å². The molecule has 116 valence electrons. The minimum Gasteiger partial charge on any atom is -0.195 e. The van der Waals surface area contributed by atoms with E-state index < -0.39 is 11.6 Å². The third kappa shape index (κ3) is 2.89. The predicted octanol–water partition coefficient (Wildman–Crippen LogP) is 4.49. The molecule has 2 spiro atoms. The molecule has 4 heteroatoms. The van der Waals surface area contributed by atoms with E-state index in [2.05, 4.69) is 27.7 Å². The average molecular weight is 284 g/mol. The average Bonchev–Trinajstić information content (AvgIpc) is 2.31. The molecular weight excluding hydrogens is 256 g/mol. The highest BCUT2D eigenvalue weighted by Crippen LogP contribution is 2.51. The quantitative estimate of drug-likeness (QED) is 0.614. The highest BCUT2D eigenvalue weighted by molar-refractivity contribution is 4.89. The van der Waals surface area contributed by atoms with Crippen molar-refractivity contribution in [1.82, 2.24) is 0 Å². The van der Waals surface area contributed by atoms with E-state index in [-0.39, 0.29) is 10.8 Å². The van der Waals surface area contributed by atoms with Crippen molar-refractivity contribution in [2.24, 2.45) is 10.8 Å². The summed E-state index contributed by atoms with van der Waals surface area (Å²) >= 11 is 0. The molecule has 3 fully saturated rings. The summed E-state index contributed by atoms with van der Waals surface area (Å²) in [5, 5.41) is 0. The van der Waals surface area contributed by atoms with Gasteiger partial charge in [-0.25, -0.2) is 0 Å². The third-order valence-electron chi connectivity index (χ3n) is 5.01. The van der Waals surface area contributed by atoms with Gasteiger partial charge < -0.3 is 0 Å². The van der Waals surface area contributed by atoms with Crippen LogP contribution in [0.3, 0.4) is 0 Å². The lowest BCUT2D eigenvalue weighted by atomic mass is 9.74. The highest BCUT2D eigenvalue weighted by atomic mass is 17.4. The zero-order valence-electron chi connectivity index (χ0n) is 13.3. The first-order valence-corrected chi connectivity index (χ1v) is 7.98. The van der Waals surface area contributed by atoms with Gasteiger partial charge in [-0.1, -0.05) is 27.7 Å². The van der Waals surface area contributed by atoms with Crippen molar-refractivity contribution in [2.45, 2.75) is 90.6 Å². The zero-order chi connectivity index (χ0) is 14.5. The molecule has 0 aromatic carbocycles. The summed E-state index contributed by atoms with van der Waals surface area (Å²) in [5.41, 5.74) is 0.419. The number of hydrogen-bond donors (Lipinski definition) is 0. The summed E-state index contributed by atoms with van der Waals surface area (Å²) in [7, 11) is 0. The van der Waals surface area contributed by atoms with Crippen LogP contribution >= 0.6 is 0 Å². The second-order valence-electron chi connectivity index (χ2n) is 8.54. The molecule has 3 rings (SSSR count). The van der Waals surface area contributed by atoms with Gasteiger partial charge in [0.25, 0.3) is 0 Å². The first-order valence-electron chi connectivity index (χ1n) is 7.98. The fourth-order valence-corrected chi connectivity index (χ4v) is 4.10. The van der Waals surface area contributed by atoms with Crippen molar-refractivity contribution in [3.05, 3.63) is 0 Å². The topological polar surface area (TPSA) is 36.9 Å². The molecule has 0 bridgehead atoms. The molecule has 2 aliphatic carbocycles. The SMILES string of the molecule is CC1(C)CCCC2(C1)OOC1(CCCC(C)(C)C1)OO2. The van der Waals surface area contributed by atoms with Crippen LogP contribution in [0.1, 0.15) is 79.1 Å². The van der Waals surface area contributed by atoms with Crippen molar-refractivity contribution >= 4 is 0 Å². The smallest absolute Gasteiger partial charge is 0.195 e. The summed E-state index contributed by atoms with van der Waals surface area (Å²) < 4.78 is 0. The number of rotatable bonds is 0. The lowest BCUT2D eigenvalue weighted by Gasteiger charge is -2.50. The fourth-order valence-electron chi connectivity index (χ4n) is 4.10. The van der Waals surface area contributed by atoms with Gasteiger partial charge in [-0.2, -0.15) is 19.6 Å². The van der Waals surface area contributed by atoms with Gasteiger partial charge >= 0.3 is 0 Å². The van der Waals surface area contributed by atoms with Gasteiger partial charge in [0, 0.05) is 25.7 Å². The fraction of sp³-hybridized carbons (Fsp3) is 1.00. The maximum Gasteiger partial charge on any atom is 0.234 e. The van der Waals surface area contributed by atoms with Gasteiger partial charge in [-0.15, -0.1) is 0 Å². The molecule has 20 heavy (non-hydrogen) atoms. The molecule has 2 saturated carbocycles. The molecule has 0 atom stereocenters. The largest absolute Gasteiger partial charge is 0.234 e. The van der Waals surface area contributed by atoms with E-state index in [0.717, 1.165) is 38.5 Å². The normalized spacial score (nSPS) is 43.8. The van der Waals surface area contributed by atoms with Crippen molar-refractivity contribution in [2.75, 3.05) is 0 Å². The Kier molecular flexibility index (Phi) is 3.45. The highest BCUT2D eigenvalue weighted by Gasteiger charge is 2.54. The van der Waals surface area contributed by atoms with E-state index in [9.17, 15) is 0 Å². The number of hydrogen-bond acceptors (Lipinski definition) is 4. The Morgan fingerprint density at radius 3 is 1.20 bits per heavy atom. The Balaban J connectivity index is 1.67. The minimum absolute atomic E-state index is 0.210. The van der Waals surface area contributed by atoms with E-state index in [1.807, 2.05) is 0 Å². The molecule has 1 saturated heterocycles. The zero-order valence-corrected chi connectivity index (χ0v) is 13.3. The molecule has 0 unspecified atom stereocenters. The van der Waals surface area contributed by atoms with Crippen LogP contribution in [0.2, 0.25) is 0 Å². The van der Waals surface area contributed by atoms with Crippen molar-refractivity contribution < 1.29 is 19.6 Å². The van der Waals surface area contributed by atoms with Crippen molar-refractivity contribution in [3.63, 3.8) is 0 Å². The molecule has 4 nitrogen and oxygen atoms in total. The van der Waals surface area contributed by atoms with Gasteiger partial charge in [0.1, 0.15) is 0 Å². The molecule has 0 aromatic heterocycles. The molecule has 3 aliphatic rings. The van der Waals surface area contributed by atoms with Gasteiger partial charge in [0.05, 0.1) is 0 Å². The van der Waals surface area contributed by atoms with Crippen molar-refractivity contribution in [3.8, 4) is 0 Å². The van der Waals surface area contributed by atoms with Crippen LogP contribution in [0, 0.1) is 10.8 Å². The maximum absolute atomic E-state index is 5.78. The van der Waals surface area contributed by atoms with Gasteiger partial charge in [0.15, 0.2) is 0 Å². The van der Waals surface area contributed by atoms with Crippen LogP contribution < -0.4 is 0 Å². The van der Waals surface area contributed by atoms with Gasteiger partial charge in [-0.3, -0.25) is 0 Å². The summed E-state index contributed by atoms with van der Waals surface area (Å²) in [6.45, 7) is 8.98. The summed E-state index contributed by atoms with van der Waals surface area (Å²) in [5.74, 6) is -1.40. The van der Waals surface area contributed by atoms with Crippen LogP contribution in [0.15, 0.2) is 0 Å². The molecule has 1 heterocycles. The first kappa shape index (κ1) is 14.8. The van der Waals surface area contributed by atoms with E-state index >= 15 is 0 Å². The van der Waals surface area contributed by atoms with E-state index in [1.165, 1.54) is 12.8 Å². The Morgan fingerprint density at radius 1 is 0.550 bits per heavy atom. The molecule has 0 aromatic rings. The third-order valence-corrected chi connectivity index (χ3v) is 5.01. The van der Waals surface area contributed by atoms with Crippen LogP contribution in [0.25, 0.3) is 0 Å². The minimum atomic E-state index is -0.700. The predicted molar refractivity (Wildman–Crippen MR) is 74.3 cm³/mol. The van der Waals surface area contributed by atoms with Crippen molar-refractivity contribution in [1.29, 1.82) is 0 Å². The van der Waals surface area contributed by atoms with E-state index in [0.29, 0.717) is 0 Å². The second kappa shape index (κ2) is 4.67. The van der Waals surface area contributed by atoms with Crippen LogP contribution in [-0.4, -0.2) is 11.6 Å². The van der Waals surface area contributed by atoms with Crippen LogP contribution in [-0.2, 0) is 19.6 Å². The summed E-state index contributed by atoms with van der Waals surface area (Å²) in [6, 6.07) is 0. The molecule has 0 N–H and O–H groups in total. The van der Waals surface area contributed by atoms with Crippen LogP contribution in [0.5, 0.6) is 0 Å². The lowest BCUT2D eigenvalue weighted by Crippen LogP contribution is -2.55. The van der Waals surface area contributed by atoms with Gasteiger partial charge in [0.2, 0.25) is 11.6 Å². The molecule has 1 aliphatic heterocycles. The van der Waals surface area contributed by atoms with E-state index in [1.54, 1.807) is 0 Å². The second-order valence-corrected chi connectivity index (χ2v) is 8.54. The maximum atomic E-state index is 5.78. The Bertz CT molecular complexity index is 331. The Hall–Kier alpha value is -0.160. The van der Waals surface area contributed by atoms with Crippen LogP contribution in [0.4, 0.5) is 0 Å². The Labute approximate surface area is 122 Å². The van der Waals surface area contributed by atoms with Gasteiger partial charge in [-0.05, 0) is 36.5 Å². The molecular formula is C16H28O4. The first-order chi connectivity index (χ1) is 9.24. The standard InChI is InChI=1S/C16H28O4/c1-13(2)7-5-9-15(11-13)17-19-16(20-18-15)10-6-8-14(3,4)12-16/h5-12H2,1-4H3. The summed E-state index contributed by atoms with van der Waals surface area (Å²) in [6.07, 6.45) is 7.88. The summed E-state index contributed by atoms with van der Waals surface area (Å²) in [4.78, 5) is 23.1. The lowest BCUT2D eigenvalue weighted by molar-refractivity contribution is -0.666. The Morgan fingerprint density at radius 2 is 0.900 bits per heavy atom. The monoisotopic (exact) mass is 284 g/mol. The molecule has 0 radical (unpaired) electrons.